The van der Waals surface area contributed by atoms with Crippen LogP contribution in [0.5, 0.6) is 0 Å². The van der Waals surface area contributed by atoms with Crippen molar-refractivity contribution in [3.05, 3.63) is 34.9 Å². The van der Waals surface area contributed by atoms with Gasteiger partial charge in [0.1, 0.15) is 0 Å². The van der Waals surface area contributed by atoms with Crippen LogP contribution in [0.25, 0.3) is 0 Å². The molecule has 0 unspecified atom stereocenters. The normalized spacial score (nSPS) is 11.9. The molecule has 0 saturated heterocycles. The maximum Gasteiger partial charge on any atom is 0.188 e. The molecule has 1 aromatic rings. The molecule has 0 bridgehead atoms. The molecule has 0 heterocycles. The van der Waals surface area contributed by atoms with E-state index in [-0.39, 0.29) is 29.4 Å². The van der Waals surface area contributed by atoms with Crippen LogP contribution in [0.1, 0.15) is 32.8 Å². The molecule has 0 spiro atoms. The number of benzene rings is 1. The van der Waals surface area contributed by atoms with E-state index in [9.17, 15) is 0 Å². The molecular weight excluding hydrogens is 425 g/mol. The molecule has 0 atom stereocenters. The Morgan fingerprint density at radius 3 is 2.78 bits per heavy atom. The molecule has 0 aliphatic rings. The van der Waals surface area contributed by atoms with Crippen molar-refractivity contribution in [2.24, 2.45) is 16.1 Å². The van der Waals surface area contributed by atoms with Gasteiger partial charge in [-0.2, -0.15) is 0 Å². The Bertz CT molecular complexity index is 481. The van der Waals surface area contributed by atoms with E-state index in [0.29, 0.717) is 12.5 Å². The Hall–Kier alpha value is -0.530. The zero-order chi connectivity index (χ0) is 16.4. The first-order chi connectivity index (χ1) is 10.4. The van der Waals surface area contributed by atoms with E-state index in [2.05, 4.69) is 30.2 Å². The summed E-state index contributed by atoms with van der Waals surface area (Å²) < 4.78 is 5.27. The molecular formula is C17H29ClIN3O. The summed E-state index contributed by atoms with van der Waals surface area (Å²) >= 11 is 6.03. The maximum atomic E-state index is 6.03. The van der Waals surface area contributed by atoms with Gasteiger partial charge < -0.3 is 15.8 Å². The van der Waals surface area contributed by atoms with E-state index in [4.69, 9.17) is 22.1 Å². The number of aliphatic imine (C=N–C) groups is 1. The molecule has 6 heteroatoms. The Balaban J connectivity index is 0.00000484. The number of halogens is 2. The van der Waals surface area contributed by atoms with Gasteiger partial charge in [-0.1, -0.05) is 37.6 Å². The van der Waals surface area contributed by atoms with Crippen LogP contribution < -0.4 is 11.1 Å². The highest BCUT2D eigenvalue weighted by Gasteiger charge is 2.18. The van der Waals surface area contributed by atoms with Gasteiger partial charge in [-0.3, -0.25) is 4.99 Å². The van der Waals surface area contributed by atoms with E-state index < -0.39 is 0 Å². The maximum absolute atomic E-state index is 6.03. The van der Waals surface area contributed by atoms with Crippen LogP contribution >= 0.6 is 35.6 Å². The Labute approximate surface area is 162 Å². The highest BCUT2D eigenvalue weighted by Crippen LogP contribution is 2.23. The van der Waals surface area contributed by atoms with Gasteiger partial charge in [-0.05, 0) is 42.9 Å². The lowest BCUT2D eigenvalue weighted by Crippen LogP contribution is -2.34. The van der Waals surface area contributed by atoms with Crippen LogP contribution in [0.3, 0.4) is 0 Å². The first-order valence-corrected chi connectivity index (χ1v) is 8.17. The SMILES string of the molecule is CCOCCCNC(N)=NCC(C)(C)Cc1cccc(Cl)c1.I. The summed E-state index contributed by atoms with van der Waals surface area (Å²) in [4.78, 5) is 4.44. The first kappa shape index (κ1) is 22.5. The third-order valence-electron chi connectivity index (χ3n) is 3.22. The Morgan fingerprint density at radius 2 is 2.13 bits per heavy atom. The molecule has 1 rings (SSSR count). The quantitative estimate of drug-likeness (QED) is 0.258. The highest BCUT2D eigenvalue weighted by atomic mass is 127. The van der Waals surface area contributed by atoms with Crippen LogP contribution in [0.15, 0.2) is 29.3 Å². The van der Waals surface area contributed by atoms with Crippen molar-refractivity contribution in [3.8, 4) is 0 Å². The van der Waals surface area contributed by atoms with Crippen molar-refractivity contribution in [2.45, 2.75) is 33.6 Å². The van der Waals surface area contributed by atoms with Gasteiger partial charge in [-0.15, -0.1) is 24.0 Å². The molecule has 0 fully saturated rings. The topological polar surface area (TPSA) is 59.6 Å². The predicted molar refractivity (Wildman–Crippen MR) is 110 cm³/mol. The summed E-state index contributed by atoms with van der Waals surface area (Å²) in [5.74, 6) is 0.496. The molecule has 0 aliphatic heterocycles. The molecule has 0 radical (unpaired) electrons. The summed E-state index contributed by atoms with van der Waals surface area (Å²) in [6.45, 7) is 9.30. The second-order valence-corrected chi connectivity index (χ2v) is 6.59. The van der Waals surface area contributed by atoms with Crippen LogP contribution in [0, 0.1) is 5.41 Å². The van der Waals surface area contributed by atoms with Crippen molar-refractivity contribution in [1.29, 1.82) is 0 Å². The van der Waals surface area contributed by atoms with Crippen LogP contribution in [0.4, 0.5) is 0 Å². The van der Waals surface area contributed by atoms with Crippen LogP contribution in [0.2, 0.25) is 5.02 Å². The average molecular weight is 454 g/mol. The van der Waals surface area contributed by atoms with E-state index in [1.165, 1.54) is 5.56 Å². The number of hydrogen-bond acceptors (Lipinski definition) is 2. The van der Waals surface area contributed by atoms with E-state index >= 15 is 0 Å². The molecule has 132 valence electrons. The van der Waals surface area contributed by atoms with E-state index in [1.807, 2.05) is 25.1 Å². The third-order valence-corrected chi connectivity index (χ3v) is 3.46. The van der Waals surface area contributed by atoms with Crippen molar-refractivity contribution in [3.63, 3.8) is 0 Å². The number of nitrogens with zero attached hydrogens (tertiary/aromatic N) is 1. The molecule has 3 N–H and O–H groups in total. The second-order valence-electron chi connectivity index (χ2n) is 6.15. The summed E-state index contributed by atoms with van der Waals surface area (Å²) in [7, 11) is 0. The lowest BCUT2D eigenvalue weighted by Gasteiger charge is -2.23. The molecule has 0 aliphatic carbocycles. The predicted octanol–water partition coefficient (Wildman–Crippen LogP) is 3.86. The van der Waals surface area contributed by atoms with Crippen molar-refractivity contribution in [2.75, 3.05) is 26.3 Å². The number of guanidine groups is 1. The second kappa shape index (κ2) is 11.9. The third kappa shape index (κ3) is 10.8. The van der Waals surface area contributed by atoms with Gasteiger partial charge in [0.25, 0.3) is 0 Å². The van der Waals surface area contributed by atoms with Crippen molar-refractivity contribution < 1.29 is 4.74 Å². The van der Waals surface area contributed by atoms with Gasteiger partial charge in [-0.25, -0.2) is 0 Å². The number of rotatable bonds is 9. The molecule has 23 heavy (non-hydrogen) atoms. The lowest BCUT2D eigenvalue weighted by atomic mass is 9.86. The molecule has 0 saturated carbocycles. The first-order valence-electron chi connectivity index (χ1n) is 7.79. The molecule has 0 amide bonds. The van der Waals surface area contributed by atoms with Gasteiger partial charge in [0.15, 0.2) is 5.96 Å². The van der Waals surface area contributed by atoms with Crippen LogP contribution in [-0.2, 0) is 11.2 Å². The molecule has 4 nitrogen and oxygen atoms in total. The summed E-state index contributed by atoms with van der Waals surface area (Å²) in [5, 5.41) is 3.88. The van der Waals surface area contributed by atoms with Crippen molar-refractivity contribution >= 4 is 41.5 Å². The standard InChI is InChI=1S/C17H28ClN3O.HI/c1-4-22-10-6-9-20-16(19)21-13-17(2,3)12-14-7-5-8-15(18)11-14;/h5,7-8,11H,4,6,9-10,12-13H2,1-3H3,(H3,19,20,21);1H. The number of hydrogen-bond donors (Lipinski definition) is 2. The smallest absolute Gasteiger partial charge is 0.188 e. The summed E-state index contributed by atoms with van der Waals surface area (Å²) in [6.07, 6.45) is 1.84. The molecule has 1 aromatic carbocycles. The largest absolute Gasteiger partial charge is 0.382 e. The monoisotopic (exact) mass is 453 g/mol. The van der Waals surface area contributed by atoms with Crippen LogP contribution in [-0.4, -0.2) is 32.3 Å². The van der Waals surface area contributed by atoms with E-state index in [1.54, 1.807) is 0 Å². The number of ether oxygens (including phenoxy) is 1. The minimum Gasteiger partial charge on any atom is -0.382 e. The van der Waals surface area contributed by atoms with Gasteiger partial charge >= 0.3 is 0 Å². The highest BCUT2D eigenvalue weighted by molar-refractivity contribution is 14.0. The Morgan fingerprint density at radius 1 is 1.39 bits per heavy atom. The summed E-state index contributed by atoms with van der Waals surface area (Å²) in [6, 6.07) is 7.96. The van der Waals surface area contributed by atoms with Gasteiger partial charge in [0.2, 0.25) is 0 Å². The fraction of sp³-hybridized carbons (Fsp3) is 0.588. The zero-order valence-electron chi connectivity index (χ0n) is 14.3. The summed E-state index contributed by atoms with van der Waals surface area (Å²) in [5.41, 5.74) is 7.14. The zero-order valence-corrected chi connectivity index (χ0v) is 17.4. The van der Waals surface area contributed by atoms with E-state index in [0.717, 1.165) is 37.6 Å². The van der Waals surface area contributed by atoms with Crippen molar-refractivity contribution in [1.82, 2.24) is 5.32 Å². The number of nitrogens with two attached hydrogens (primary N) is 1. The lowest BCUT2D eigenvalue weighted by molar-refractivity contribution is 0.145. The van der Waals surface area contributed by atoms with Gasteiger partial charge in [0, 0.05) is 31.3 Å². The fourth-order valence-electron chi connectivity index (χ4n) is 2.15. The average Bonchev–Trinajstić information content (AvgIpc) is 2.44. The minimum absolute atomic E-state index is 0. The fourth-order valence-corrected chi connectivity index (χ4v) is 2.36. The molecule has 0 aromatic heterocycles. The Kier molecular flexibility index (Phi) is 11.6. The number of nitrogens with one attached hydrogen (secondary N) is 1. The minimum atomic E-state index is 0. The van der Waals surface area contributed by atoms with Gasteiger partial charge in [0.05, 0.1) is 0 Å².